The number of carbonyl (C=O) groups is 4. The van der Waals surface area contributed by atoms with Crippen molar-refractivity contribution in [2.45, 2.75) is 152 Å². The molecule has 392 valence electrons. The number of aliphatic carboxylic acids is 1. The summed E-state index contributed by atoms with van der Waals surface area (Å²) in [5.41, 5.74) is 1.55. The maximum atomic E-state index is 13.2. The lowest BCUT2D eigenvalue weighted by Gasteiger charge is -2.44. The third-order valence-electron chi connectivity index (χ3n) is 16.2. The molecule has 8 rings (SSSR count). The number of urea groups is 2. The molecule has 12 atom stereocenters. The molecular weight excluding hydrogens is 893 g/mol. The zero-order chi connectivity index (χ0) is 49.7. The quantitative estimate of drug-likeness (QED) is 0.0878. The second-order valence-corrected chi connectivity index (χ2v) is 21.4. The number of carboxylic acids is 1. The molecule has 4 N–H and O–H groups in total. The van der Waals surface area contributed by atoms with Crippen molar-refractivity contribution in [2.24, 2.45) is 11.8 Å². The molecule has 0 aromatic heterocycles. The number of epoxide rings is 4. The van der Waals surface area contributed by atoms with E-state index in [1.54, 1.807) is 14.2 Å². The fraction of sp³-hybridized carbons (Fsp3) is 0.840. The lowest BCUT2D eigenvalue weighted by Crippen LogP contribution is -2.61. The molecule has 0 bridgehead atoms. The van der Waals surface area contributed by atoms with Crippen LogP contribution in [0, 0.1) is 11.8 Å². The first-order valence-electron chi connectivity index (χ1n) is 25.4. The predicted molar refractivity (Wildman–Crippen MR) is 257 cm³/mol. The summed E-state index contributed by atoms with van der Waals surface area (Å²) in [6, 6.07) is -0.296. The number of aliphatic hydroxyl groups is 1. The molecule has 2 saturated carbocycles. The summed E-state index contributed by atoms with van der Waals surface area (Å²) in [6.07, 6.45) is 9.24. The number of ether oxygens (including phenoxy) is 7. The number of nitrogens with one attached hydrogen (secondary N) is 2. The van der Waals surface area contributed by atoms with Crippen LogP contribution in [0.4, 0.5) is 9.59 Å². The monoisotopic (exact) mass is 977 g/mol. The Morgan fingerprint density at radius 3 is 1.46 bits per heavy atom. The molecule has 19 heteroatoms. The maximum Gasteiger partial charge on any atom is 0.317 e. The normalized spacial score (nSPS) is 36.9. The number of carbonyl (C=O) groups excluding carboxylic acids is 3. The Labute approximate surface area is 410 Å². The Kier molecular flexibility index (Phi) is 17.5. The molecular formula is C50H84N6O13. The molecule has 69 heavy (non-hydrogen) atoms. The number of methoxy groups -OCH3 is 2. The number of amides is 4. The summed E-state index contributed by atoms with van der Waals surface area (Å²) in [4.78, 5) is 56.4. The van der Waals surface area contributed by atoms with Crippen LogP contribution in [0.2, 0.25) is 0 Å². The highest BCUT2D eigenvalue weighted by atomic mass is 16.6. The summed E-state index contributed by atoms with van der Waals surface area (Å²) in [5, 5.41) is 24.3. The zero-order valence-electron chi connectivity index (χ0n) is 42.5. The second kappa shape index (κ2) is 22.6. The van der Waals surface area contributed by atoms with E-state index in [2.05, 4.69) is 74.1 Å². The van der Waals surface area contributed by atoms with Crippen LogP contribution >= 0.6 is 0 Å². The SMILES string of the molecule is CO[C@@H]1[C@H](NC(=O)N2CCN(CCO)CC2)CC[C@]2(CO2)[C@H]1[C@@]1(C)O[C@@H]1CC=C(C)C.CO[C@@H]1[C@H](NC(=O)N2CCN(CCOC(=O)CCC(=O)O)CC2)CC[C@]2(CO2)[C@H]1[C@@]1(C)O[C@@H]1CC=C(C)C.[HH]. The highest BCUT2D eigenvalue weighted by Gasteiger charge is 2.73. The molecule has 6 aliphatic heterocycles. The number of piperazine rings is 2. The lowest BCUT2D eigenvalue weighted by molar-refractivity contribution is -0.148. The second-order valence-electron chi connectivity index (χ2n) is 21.4. The summed E-state index contributed by atoms with van der Waals surface area (Å²) in [7, 11) is 3.45. The van der Waals surface area contributed by atoms with E-state index in [0.717, 1.165) is 58.2 Å². The topological polar surface area (TPSA) is 224 Å². The van der Waals surface area contributed by atoms with E-state index in [1.807, 2.05) is 9.80 Å². The molecule has 8 fully saturated rings. The van der Waals surface area contributed by atoms with Crippen molar-refractivity contribution in [1.82, 2.24) is 30.2 Å². The Bertz CT molecular complexity index is 1860. The number of β-amino-alcohol motifs (C(OH)–C–C–N with tert-alkyl or cyclic N) is 1. The van der Waals surface area contributed by atoms with E-state index in [0.29, 0.717) is 59.0 Å². The largest absolute Gasteiger partial charge is 0.481 e. The number of rotatable bonds is 18. The van der Waals surface area contributed by atoms with Crippen molar-refractivity contribution >= 4 is 24.0 Å². The minimum absolute atomic E-state index is 0. The van der Waals surface area contributed by atoms with Gasteiger partial charge in [-0.05, 0) is 80.1 Å². The van der Waals surface area contributed by atoms with Crippen LogP contribution < -0.4 is 10.6 Å². The van der Waals surface area contributed by atoms with E-state index in [-0.39, 0.29) is 110 Å². The molecule has 6 heterocycles. The Hall–Kier alpha value is -3.40. The van der Waals surface area contributed by atoms with Gasteiger partial charge in [-0.3, -0.25) is 19.4 Å². The molecule has 6 saturated heterocycles. The Morgan fingerprint density at radius 1 is 0.681 bits per heavy atom. The molecule has 4 amide bonds. The van der Waals surface area contributed by atoms with Gasteiger partial charge >= 0.3 is 24.0 Å². The summed E-state index contributed by atoms with van der Waals surface area (Å²) in [6.45, 7) is 21.2. The van der Waals surface area contributed by atoms with Gasteiger partial charge in [0.2, 0.25) is 0 Å². The predicted octanol–water partition coefficient (Wildman–Crippen LogP) is 3.43. The van der Waals surface area contributed by atoms with Crippen molar-refractivity contribution in [3.05, 3.63) is 23.3 Å². The van der Waals surface area contributed by atoms with Gasteiger partial charge in [-0.1, -0.05) is 23.3 Å². The zero-order valence-corrected chi connectivity index (χ0v) is 42.5. The molecule has 2 spiro atoms. The van der Waals surface area contributed by atoms with Crippen molar-refractivity contribution < 1.29 is 64.0 Å². The first-order valence-corrected chi connectivity index (χ1v) is 25.4. The van der Waals surface area contributed by atoms with Gasteiger partial charge in [0.05, 0.1) is 80.4 Å². The Balaban J connectivity index is 0.000000231. The average molecular weight is 977 g/mol. The van der Waals surface area contributed by atoms with Crippen LogP contribution in [0.15, 0.2) is 23.3 Å². The van der Waals surface area contributed by atoms with Crippen LogP contribution in [0.1, 0.15) is 94.3 Å². The highest BCUT2D eigenvalue weighted by Crippen LogP contribution is 2.60. The van der Waals surface area contributed by atoms with Crippen molar-refractivity contribution in [3.8, 4) is 0 Å². The first-order chi connectivity index (χ1) is 32.9. The van der Waals surface area contributed by atoms with E-state index in [9.17, 15) is 19.2 Å². The van der Waals surface area contributed by atoms with E-state index in [1.165, 1.54) is 11.1 Å². The van der Waals surface area contributed by atoms with Crippen LogP contribution in [-0.2, 0) is 42.7 Å². The van der Waals surface area contributed by atoms with E-state index < -0.39 is 11.9 Å². The summed E-state index contributed by atoms with van der Waals surface area (Å²) < 4.78 is 41.7. The van der Waals surface area contributed by atoms with E-state index >= 15 is 0 Å². The van der Waals surface area contributed by atoms with Gasteiger partial charge in [-0.15, -0.1) is 0 Å². The molecule has 0 aromatic rings. The van der Waals surface area contributed by atoms with Crippen LogP contribution in [-0.4, -0.2) is 219 Å². The van der Waals surface area contributed by atoms with Gasteiger partial charge in [-0.25, -0.2) is 9.59 Å². The van der Waals surface area contributed by atoms with Crippen LogP contribution in [0.3, 0.4) is 0 Å². The number of aliphatic hydroxyl groups excluding tert-OH is 1. The minimum atomic E-state index is -1.02. The van der Waals surface area contributed by atoms with Crippen LogP contribution in [0.5, 0.6) is 0 Å². The van der Waals surface area contributed by atoms with Gasteiger partial charge in [-0.2, -0.15) is 0 Å². The number of esters is 1. The fourth-order valence-electron chi connectivity index (χ4n) is 11.8. The molecule has 19 nitrogen and oxygen atoms in total. The third kappa shape index (κ3) is 12.8. The maximum absolute atomic E-state index is 13.2. The smallest absolute Gasteiger partial charge is 0.317 e. The molecule has 0 unspecified atom stereocenters. The van der Waals surface area contributed by atoms with Crippen molar-refractivity contribution in [3.63, 3.8) is 0 Å². The summed E-state index contributed by atoms with van der Waals surface area (Å²) >= 11 is 0. The molecule has 2 aliphatic carbocycles. The number of hydrogen-bond donors (Lipinski definition) is 4. The number of nitrogens with zero attached hydrogens (tertiary/aromatic N) is 4. The lowest BCUT2D eigenvalue weighted by atomic mass is 9.67. The van der Waals surface area contributed by atoms with Gasteiger partial charge in [0.25, 0.3) is 0 Å². The van der Waals surface area contributed by atoms with E-state index in [4.69, 9.17) is 43.4 Å². The van der Waals surface area contributed by atoms with Crippen molar-refractivity contribution in [1.29, 1.82) is 0 Å². The van der Waals surface area contributed by atoms with Gasteiger partial charge in [0, 0.05) is 92.9 Å². The molecule has 8 aliphatic rings. The fourth-order valence-corrected chi connectivity index (χ4v) is 11.8. The Morgan fingerprint density at radius 2 is 1.10 bits per heavy atom. The highest BCUT2D eigenvalue weighted by molar-refractivity contribution is 5.76. The van der Waals surface area contributed by atoms with Gasteiger partial charge in [0.1, 0.15) is 17.8 Å². The molecule has 0 aromatic carbocycles. The van der Waals surface area contributed by atoms with Gasteiger partial charge in [0.15, 0.2) is 0 Å². The average Bonchev–Trinajstić information content (AvgIpc) is 4.21. The molecule has 0 radical (unpaired) electrons. The van der Waals surface area contributed by atoms with Crippen LogP contribution in [0.25, 0.3) is 0 Å². The van der Waals surface area contributed by atoms with Gasteiger partial charge < -0.3 is 63.8 Å². The number of allylic oxidation sites excluding steroid dienone is 2. The summed E-state index contributed by atoms with van der Waals surface area (Å²) in [5.74, 6) is -1.38. The standard InChI is InChI=1S/C27H43N3O8.C23H39N3O5.H2/c1-18(2)5-6-20-26(3,38-20)24-23(35-4)19(9-10-27(24)17-37-27)28-25(34)30-13-11-29(12-14-30)15-16-36-22(33)8-7-21(31)32;1-16(2)5-6-18-22(3,31-18)20-19(29-4)17(7-8-23(20)15-30-23)24-21(28)26-11-9-25(10-12-26)13-14-27;/h5,19-20,23-24H,6-17H2,1-4H3,(H,28,34)(H,31,32);5,17-20,27H,6-15H2,1-4H3,(H,24,28);1H/t19-,20-,23-,24-,26+,27+;17-,18-,19-,20-,22+,23+;/m11./s1. The van der Waals surface area contributed by atoms with Crippen molar-refractivity contribution in [2.75, 3.05) is 106 Å². The number of hydrogen-bond acceptors (Lipinski definition) is 14. The first kappa shape index (κ1) is 53.4. The number of carboxylic acid groups (broad SMARTS) is 1. The minimum Gasteiger partial charge on any atom is -0.481 e. The third-order valence-corrected chi connectivity index (χ3v) is 16.2.